The summed E-state index contributed by atoms with van der Waals surface area (Å²) >= 11 is 1.50. The third kappa shape index (κ3) is 3.33. The summed E-state index contributed by atoms with van der Waals surface area (Å²) in [6, 6.07) is 6.05. The number of rotatable bonds is 3. The van der Waals surface area contributed by atoms with Crippen LogP contribution in [-0.4, -0.2) is 0 Å². The van der Waals surface area contributed by atoms with Gasteiger partial charge in [0.25, 0.3) is 0 Å². The molecule has 1 unspecified atom stereocenters. The van der Waals surface area contributed by atoms with E-state index in [1.54, 1.807) is 0 Å². The zero-order chi connectivity index (χ0) is 14.0. The van der Waals surface area contributed by atoms with Crippen LogP contribution in [0.5, 0.6) is 0 Å². The van der Waals surface area contributed by atoms with E-state index in [4.69, 9.17) is 5.73 Å². The lowest BCUT2D eigenvalue weighted by Crippen LogP contribution is -2.15. The van der Waals surface area contributed by atoms with E-state index in [0.29, 0.717) is 12.0 Å². The van der Waals surface area contributed by atoms with E-state index in [-0.39, 0.29) is 0 Å². The van der Waals surface area contributed by atoms with E-state index in [0.717, 1.165) is 17.0 Å². The van der Waals surface area contributed by atoms with Gasteiger partial charge in [-0.3, -0.25) is 0 Å². The van der Waals surface area contributed by atoms with Gasteiger partial charge in [-0.25, -0.2) is 4.39 Å². The summed E-state index contributed by atoms with van der Waals surface area (Å²) in [7, 11) is 0. The van der Waals surface area contributed by atoms with Crippen LogP contribution in [0.3, 0.4) is 0 Å². The molecule has 0 fully saturated rings. The smallest absolute Gasteiger partial charge is 0.324 e. The van der Waals surface area contributed by atoms with E-state index in [1.807, 2.05) is 17.5 Å². The molecule has 1 aromatic heterocycles. The Balaban J connectivity index is 2.20. The molecule has 0 aliphatic rings. The van der Waals surface area contributed by atoms with Gasteiger partial charge >= 0.3 is 6.18 Å². The number of halogens is 4. The topological polar surface area (TPSA) is 26.0 Å². The summed E-state index contributed by atoms with van der Waals surface area (Å²) < 4.78 is 50.7. The van der Waals surface area contributed by atoms with Gasteiger partial charge in [-0.1, -0.05) is 12.1 Å². The molecular formula is C13H11F4NS. The van der Waals surface area contributed by atoms with Crippen molar-refractivity contribution in [1.29, 1.82) is 0 Å². The number of nitrogens with two attached hydrogens (primary N) is 1. The Kier molecular flexibility index (Phi) is 3.91. The fourth-order valence-electron chi connectivity index (χ4n) is 1.76. The molecule has 102 valence electrons. The van der Waals surface area contributed by atoms with Crippen LogP contribution >= 0.6 is 11.3 Å². The zero-order valence-electron chi connectivity index (χ0n) is 9.75. The maximum atomic E-state index is 13.4. The van der Waals surface area contributed by atoms with Crippen LogP contribution in [0.1, 0.15) is 22.0 Å². The molecule has 1 nitrogen and oxygen atoms in total. The van der Waals surface area contributed by atoms with Crippen LogP contribution in [0, 0.1) is 5.82 Å². The number of benzene rings is 1. The molecule has 6 heteroatoms. The van der Waals surface area contributed by atoms with Gasteiger partial charge in [0, 0.05) is 17.3 Å². The maximum Gasteiger partial charge on any atom is 0.419 e. The van der Waals surface area contributed by atoms with Gasteiger partial charge in [0.15, 0.2) is 0 Å². The zero-order valence-corrected chi connectivity index (χ0v) is 10.6. The lowest BCUT2D eigenvalue weighted by Gasteiger charge is -2.13. The highest BCUT2D eigenvalue weighted by molar-refractivity contribution is 7.09. The van der Waals surface area contributed by atoms with E-state index < -0.39 is 23.6 Å². The first kappa shape index (κ1) is 14.0. The van der Waals surface area contributed by atoms with Gasteiger partial charge in [-0.2, -0.15) is 13.2 Å². The summed E-state index contributed by atoms with van der Waals surface area (Å²) in [5.74, 6) is -1.29. The summed E-state index contributed by atoms with van der Waals surface area (Å²) in [6.45, 7) is 0. The highest BCUT2D eigenvalue weighted by Crippen LogP contribution is 2.32. The van der Waals surface area contributed by atoms with Gasteiger partial charge in [0.2, 0.25) is 0 Å². The van der Waals surface area contributed by atoms with Crippen LogP contribution in [-0.2, 0) is 12.6 Å². The predicted octanol–water partition coefficient (Wildman–Crippen LogP) is 4.15. The van der Waals surface area contributed by atoms with Crippen molar-refractivity contribution in [3.63, 3.8) is 0 Å². The van der Waals surface area contributed by atoms with Crippen molar-refractivity contribution >= 4 is 11.3 Å². The second kappa shape index (κ2) is 5.30. The van der Waals surface area contributed by atoms with Crippen molar-refractivity contribution in [2.45, 2.75) is 18.6 Å². The molecule has 1 heterocycles. The van der Waals surface area contributed by atoms with Crippen molar-refractivity contribution in [2.75, 3.05) is 0 Å². The molecule has 2 N–H and O–H groups in total. The third-order valence-corrected chi connectivity index (χ3v) is 3.63. The number of thiophene rings is 1. The molecule has 19 heavy (non-hydrogen) atoms. The van der Waals surface area contributed by atoms with Crippen molar-refractivity contribution in [2.24, 2.45) is 5.73 Å². The molecule has 0 radical (unpaired) electrons. The van der Waals surface area contributed by atoms with Crippen molar-refractivity contribution in [3.05, 3.63) is 57.5 Å². The number of hydrogen-bond acceptors (Lipinski definition) is 2. The summed E-state index contributed by atoms with van der Waals surface area (Å²) in [5, 5.41) is 1.88. The molecule has 0 aliphatic heterocycles. The minimum absolute atomic E-state index is 0.360. The normalized spacial score (nSPS) is 13.5. The minimum atomic E-state index is -4.68. The van der Waals surface area contributed by atoms with Crippen LogP contribution < -0.4 is 5.73 Å². The molecule has 0 saturated heterocycles. The van der Waals surface area contributed by atoms with Crippen LogP contribution in [0.25, 0.3) is 0 Å². The Morgan fingerprint density at radius 2 is 1.95 bits per heavy atom. The van der Waals surface area contributed by atoms with Gasteiger partial charge in [-0.05, 0) is 29.1 Å². The van der Waals surface area contributed by atoms with Crippen molar-refractivity contribution in [3.8, 4) is 0 Å². The molecule has 2 aromatic rings. The second-order valence-electron chi connectivity index (χ2n) is 4.13. The van der Waals surface area contributed by atoms with Gasteiger partial charge in [-0.15, -0.1) is 11.3 Å². The second-order valence-corrected chi connectivity index (χ2v) is 5.16. The fraction of sp³-hybridized carbons (Fsp3) is 0.231. The SMILES string of the molecule is NC(Cc1cccs1)c1ccc(C(F)(F)F)c(F)c1. The minimum Gasteiger partial charge on any atom is -0.324 e. The molecule has 1 aromatic carbocycles. The molecule has 0 saturated carbocycles. The first-order valence-electron chi connectivity index (χ1n) is 5.52. The van der Waals surface area contributed by atoms with E-state index in [9.17, 15) is 17.6 Å². The Labute approximate surface area is 111 Å². The predicted molar refractivity (Wildman–Crippen MR) is 66.4 cm³/mol. The third-order valence-electron chi connectivity index (χ3n) is 2.73. The largest absolute Gasteiger partial charge is 0.419 e. The Hall–Kier alpha value is -1.40. The highest BCUT2D eigenvalue weighted by Gasteiger charge is 2.34. The average molecular weight is 289 g/mol. The van der Waals surface area contributed by atoms with Crippen LogP contribution in [0.15, 0.2) is 35.7 Å². The van der Waals surface area contributed by atoms with Gasteiger partial charge in [0.05, 0.1) is 5.56 Å². The first-order chi connectivity index (χ1) is 8.88. The average Bonchev–Trinajstić information content (AvgIpc) is 2.79. The number of hydrogen-bond donors (Lipinski definition) is 1. The maximum absolute atomic E-state index is 13.4. The monoisotopic (exact) mass is 289 g/mol. The fourth-order valence-corrected chi connectivity index (χ4v) is 2.52. The van der Waals surface area contributed by atoms with Crippen LogP contribution in [0.4, 0.5) is 17.6 Å². The van der Waals surface area contributed by atoms with Gasteiger partial charge in [0.1, 0.15) is 5.82 Å². The molecule has 2 rings (SSSR count). The molecule has 0 amide bonds. The Bertz CT molecular complexity index is 548. The molecule has 0 bridgehead atoms. The van der Waals surface area contributed by atoms with E-state index in [1.165, 1.54) is 17.4 Å². The van der Waals surface area contributed by atoms with Crippen LogP contribution in [0.2, 0.25) is 0 Å². The lowest BCUT2D eigenvalue weighted by molar-refractivity contribution is -0.140. The highest BCUT2D eigenvalue weighted by atomic mass is 32.1. The Morgan fingerprint density at radius 3 is 2.47 bits per heavy atom. The summed E-state index contributed by atoms with van der Waals surface area (Å²) in [6.07, 6.45) is -4.21. The van der Waals surface area contributed by atoms with Crippen molar-refractivity contribution < 1.29 is 17.6 Å². The first-order valence-corrected chi connectivity index (χ1v) is 6.40. The molecule has 1 atom stereocenters. The van der Waals surface area contributed by atoms with E-state index in [2.05, 4.69) is 0 Å². The molecule has 0 spiro atoms. The van der Waals surface area contributed by atoms with Gasteiger partial charge < -0.3 is 5.73 Å². The standard InChI is InChI=1S/C13H11F4NS/c14-11-6-8(3-4-10(11)13(15,16)17)12(18)7-9-2-1-5-19-9/h1-6,12H,7,18H2. The van der Waals surface area contributed by atoms with E-state index >= 15 is 0 Å². The van der Waals surface area contributed by atoms with Crippen molar-refractivity contribution in [1.82, 2.24) is 0 Å². The lowest BCUT2D eigenvalue weighted by atomic mass is 10.0. The number of alkyl halides is 3. The quantitative estimate of drug-likeness (QED) is 0.844. The molecule has 0 aliphatic carbocycles. The Morgan fingerprint density at radius 1 is 1.21 bits per heavy atom. The summed E-state index contributed by atoms with van der Waals surface area (Å²) in [5.41, 5.74) is 4.97. The summed E-state index contributed by atoms with van der Waals surface area (Å²) in [4.78, 5) is 1.01. The molecular weight excluding hydrogens is 278 g/mol.